The Bertz CT molecular complexity index is 810. The van der Waals surface area contributed by atoms with E-state index in [1.165, 1.54) is 42.8 Å². The Morgan fingerprint density at radius 1 is 1.00 bits per heavy atom. The monoisotopic (exact) mass is 354 g/mol. The van der Waals surface area contributed by atoms with Gasteiger partial charge in [-0.05, 0) is 0 Å². The molecule has 0 bridgehead atoms. The molecule has 1 aliphatic carbocycles. The SMILES string of the molecule is [Li][C]1=C(N2CCCC2)c2ccccc2C1[Si](C)(C)NCc1ccccc1. The third-order valence-electron chi connectivity index (χ3n) is 6.07. The Morgan fingerprint density at radius 2 is 1.65 bits per heavy atom. The second-order valence-corrected chi connectivity index (χ2v) is 12.7. The molecule has 0 aromatic heterocycles. The summed E-state index contributed by atoms with van der Waals surface area (Å²) in [5.41, 5.74) is 6.49. The number of likely N-dealkylation sites (tertiary alicyclic amines) is 1. The minimum atomic E-state index is -1.69. The summed E-state index contributed by atoms with van der Waals surface area (Å²) in [5, 5.41) is 0. The van der Waals surface area contributed by atoms with Crippen LogP contribution in [0.15, 0.2) is 58.8 Å². The third-order valence-corrected chi connectivity index (χ3v) is 9.34. The molecule has 0 spiro atoms. The number of nitrogens with zero attached hydrogens (tertiary/aromatic N) is 1. The number of nitrogens with one attached hydrogen (secondary N) is 1. The van der Waals surface area contributed by atoms with Crippen LogP contribution >= 0.6 is 0 Å². The summed E-state index contributed by atoms with van der Waals surface area (Å²) in [7, 11) is -1.69. The molecule has 4 rings (SSSR count). The first kappa shape index (κ1) is 18.1. The van der Waals surface area contributed by atoms with E-state index in [9.17, 15) is 0 Å². The molecular weight excluding hydrogens is 327 g/mol. The van der Waals surface area contributed by atoms with Crippen LogP contribution < -0.4 is 4.98 Å². The van der Waals surface area contributed by atoms with Crippen LogP contribution in [0, 0.1) is 0 Å². The Labute approximate surface area is 168 Å². The maximum atomic E-state index is 3.99. The quantitative estimate of drug-likeness (QED) is 0.808. The maximum absolute atomic E-state index is 3.99. The zero-order valence-corrected chi connectivity index (χ0v) is 17.3. The van der Waals surface area contributed by atoms with E-state index in [-0.39, 0.29) is 0 Å². The molecule has 1 saturated heterocycles. The predicted molar refractivity (Wildman–Crippen MR) is 113 cm³/mol. The zero-order valence-electron chi connectivity index (χ0n) is 16.3. The van der Waals surface area contributed by atoms with Gasteiger partial charge in [0.15, 0.2) is 0 Å². The first-order valence-electron chi connectivity index (χ1n) is 9.92. The molecule has 0 radical (unpaired) electrons. The molecule has 130 valence electrons. The number of hydrogen-bond acceptors (Lipinski definition) is 2. The van der Waals surface area contributed by atoms with Gasteiger partial charge >= 0.3 is 168 Å². The second-order valence-electron chi connectivity index (χ2n) is 8.31. The number of hydrogen-bond donors (Lipinski definition) is 1. The van der Waals surface area contributed by atoms with E-state index in [1.807, 2.05) is 0 Å². The van der Waals surface area contributed by atoms with Gasteiger partial charge in [0.25, 0.3) is 0 Å². The molecule has 26 heavy (non-hydrogen) atoms. The Hall–Kier alpha value is -1.25. The van der Waals surface area contributed by atoms with Crippen molar-refractivity contribution in [3.8, 4) is 0 Å². The van der Waals surface area contributed by atoms with Gasteiger partial charge in [-0.1, -0.05) is 0 Å². The van der Waals surface area contributed by atoms with Gasteiger partial charge in [0.2, 0.25) is 0 Å². The van der Waals surface area contributed by atoms with Crippen molar-refractivity contribution < 1.29 is 0 Å². The molecule has 2 aliphatic rings. The molecule has 0 saturated carbocycles. The van der Waals surface area contributed by atoms with Crippen LogP contribution in [0.5, 0.6) is 0 Å². The first-order valence-corrected chi connectivity index (χ1v) is 13.0. The van der Waals surface area contributed by atoms with E-state index in [4.69, 9.17) is 0 Å². The Kier molecular flexibility index (Phi) is 5.16. The van der Waals surface area contributed by atoms with Crippen molar-refractivity contribution in [3.63, 3.8) is 0 Å². The molecule has 2 aromatic rings. The van der Waals surface area contributed by atoms with Gasteiger partial charge in [0.05, 0.1) is 0 Å². The summed E-state index contributed by atoms with van der Waals surface area (Å²) in [6, 6.07) is 19.9. The fourth-order valence-electron chi connectivity index (χ4n) is 4.87. The normalized spacial score (nSPS) is 20.0. The number of fused-ring (bicyclic) bond motifs is 1. The van der Waals surface area contributed by atoms with Crippen LogP contribution in [-0.2, 0) is 6.54 Å². The van der Waals surface area contributed by atoms with Gasteiger partial charge in [-0.2, -0.15) is 0 Å². The molecule has 1 unspecified atom stereocenters. The second kappa shape index (κ2) is 7.40. The summed E-state index contributed by atoms with van der Waals surface area (Å²) in [6.07, 6.45) is 2.66. The van der Waals surface area contributed by atoms with Gasteiger partial charge in [-0.25, -0.2) is 0 Å². The fraction of sp³-hybridized carbons (Fsp3) is 0.364. The molecule has 1 fully saturated rings. The Balaban J connectivity index is 1.65. The molecule has 1 N–H and O–H groups in total. The fourth-order valence-corrected chi connectivity index (χ4v) is 7.98. The van der Waals surface area contributed by atoms with Gasteiger partial charge < -0.3 is 0 Å². The van der Waals surface area contributed by atoms with Crippen molar-refractivity contribution in [3.05, 3.63) is 75.5 Å². The van der Waals surface area contributed by atoms with E-state index in [0.717, 1.165) is 6.54 Å². The van der Waals surface area contributed by atoms with Crippen molar-refractivity contribution in [2.24, 2.45) is 0 Å². The van der Waals surface area contributed by atoms with Crippen LogP contribution in [0.3, 0.4) is 0 Å². The van der Waals surface area contributed by atoms with Gasteiger partial charge in [-0.15, -0.1) is 0 Å². The van der Waals surface area contributed by atoms with E-state index in [2.05, 4.69) is 95.3 Å². The van der Waals surface area contributed by atoms with Crippen LogP contribution in [0.2, 0.25) is 13.1 Å². The molecule has 1 aliphatic heterocycles. The van der Waals surface area contributed by atoms with Crippen molar-refractivity contribution in [2.45, 2.75) is 38.0 Å². The average molecular weight is 354 g/mol. The molecule has 1 atom stereocenters. The van der Waals surface area contributed by atoms with Gasteiger partial charge in [-0.3, -0.25) is 0 Å². The van der Waals surface area contributed by atoms with Crippen LogP contribution in [0.1, 0.15) is 35.1 Å². The predicted octanol–water partition coefficient (Wildman–Crippen LogP) is 4.25. The number of allylic oxidation sites excluding steroid dienone is 1. The van der Waals surface area contributed by atoms with Crippen molar-refractivity contribution in [1.29, 1.82) is 0 Å². The molecule has 2 nitrogen and oxygen atoms in total. The summed E-state index contributed by atoms with van der Waals surface area (Å²) in [5.74, 6) is 0. The molecule has 0 amide bonds. The summed E-state index contributed by atoms with van der Waals surface area (Å²) < 4.78 is 1.59. The summed E-state index contributed by atoms with van der Waals surface area (Å²) in [4.78, 5) is 6.62. The summed E-state index contributed by atoms with van der Waals surface area (Å²) >= 11 is 2.39. The average Bonchev–Trinajstić information content (AvgIpc) is 3.26. The van der Waals surface area contributed by atoms with Crippen LogP contribution in [-0.4, -0.2) is 43.9 Å². The Morgan fingerprint density at radius 3 is 2.38 bits per heavy atom. The molecule has 1 heterocycles. The van der Waals surface area contributed by atoms with Crippen LogP contribution in [0.4, 0.5) is 0 Å². The standard InChI is InChI=1S/C22H27N2Si.Li/c1-25(2,23-17-18-10-4-3-5-11-18)22-16-21(24-14-8-9-15-24)19-12-6-7-13-20(19)22;/h3-7,10-13,22-23H,8-9,14-15,17H2,1-2H3;. The molecule has 4 heteroatoms. The van der Waals surface area contributed by atoms with E-state index in [1.54, 1.807) is 9.81 Å². The number of benzene rings is 2. The first-order chi connectivity index (χ1) is 12.6. The van der Waals surface area contributed by atoms with Crippen molar-refractivity contribution in [1.82, 2.24) is 9.88 Å². The van der Waals surface area contributed by atoms with Gasteiger partial charge in [0.1, 0.15) is 0 Å². The summed E-state index contributed by atoms with van der Waals surface area (Å²) in [6.45, 7) is 8.38. The molecule has 2 aromatic carbocycles. The van der Waals surface area contributed by atoms with E-state index >= 15 is 0 Å². The van der Waals surface area contributed by atoms with Crippen molar-refractivity contribution >= 4 is 31.6 Å². The van der Waals surface area contributed by atoms with Crippen molar-refractivity contribution in [2.75, 3.05) is 13.1 Å². The zero-order chi connectivity index (χ0) is 18.1. The molecular formula is C22H27LiN2Si. The third kappa shape index (κ3) is 3.34. The number of rotatable bonds is 5. The minimum absolute atomic E-state index is 0.554. The van der Waals surface area contributed by atoms with E-state index in [0.29, 0.717) is 5.54 Å². The topological polar surface area (TPSA) is 15.3 Å². The van der Waals surface area contributed by atoms with Crippen LogP contribution in [0.25, 0.3) is 5.70 Å². The van der Waals surface area contributed by atoms with E-state index < -0.39 is 8.24 Å². The van der Waals surface area contributed by atoms with Gasteiger partial charge in [0, 0.05) is 0 Å².